The van der Waals surface area contributed by atoms with Gasteiger partial charge in [-0.2, -0.15) is 0 Å². The lowest BCUT2D eigenvalue weighted by Crippen LogP contribution is -2.33. The number of carbonyl (C=O) groups excluding carboxylic acids is 2. The summed E-state index contributed by atoms with van der Waals surface area (Å²) in [4.78, 5) is 22.9. The zero-order valence-corrected chi connectivity index (χ0v) is 11.2. The first kappa shape index (κ1) is 16.0. The van der Waals surface area contributed by atoms with Crippen molar-refractivity contribution in [2.75, 3.05) is 11.9 Å². The SMILES string of the molecule is CC(C)C(CN)C(=O)Nc1cc(C(N)=O)c(F)cc1F. The van der Waals surface area contributed by atoms with Gasteiger partial charge in [0.05, 0.1) is 17.2 Å². The molecule has 1 aromatic rings. The minimum Gasteiger partial charge on any atom is -0.366 e. The Morgan fingerprint density at radius 2 is 1.85 bits per heavy atom. The topological polar surface area (TPSA) is 98.2 Å². The number of nitrogens with two attached hydrogens (primary N) is 2. The molecule has 0 radical (unpaired) electrons. The van der Waals surface area contributed by atoms with Crippen LogP contribution in [0.15, 0.2) is 12.1 Å². The van der Waals surface area contributed by atoms with Crippen LogP contribution in [0.3, 0.4) is 0 Å². The first-order valence-electron chi connectivity index (χ1n) is 6.07. The molecule has 20 heavy (non-hydrogen) atoms. The number of benzene rings is 1. The molecule has 0 heterocycles. The van der Waals surface area contributed by atoms with E-state index in [1.807, 2.05) is 0 Å². The molecule has 0 aliphatic carbocycles. The number of rotatable bonds is 5. The summed E-state index contributed by atoms with van der Waals surface area (Å²) in [6, 6.07) is 1.38. The number of carbonyl (C=O) groups is 2. The minimum atomic E-state index is -1.08. The molecule has 0 saturated heterocycles. The minimum absolute atomic E-state index is 0.0425. The zero-order chi connectivity index (χ0) is 15.4. The highest BCUT2D eigenvalue weighted by Crippen LogP contribution is 2.21. The van der Waals surface area contributed by atoms with Crippen molar-refractivity contribution in [3.63, 3.8) is 0 Å². The maximum absolute atomic E-state index is 13.6. The zero-order valence-electron chi connectivity index (χ0n) is 11.2. The Balaban J connectivity index is 3.06. The highest BCUT2D eigenvalue weighted by Gasteiger charge is 2.22. The Morgan fingerprint density at radius 3 is 2.30 bits per heavy atom. The van der Waals surface area contributed by atoms with Gasteiger partial charge in [0.1, 0.15) is 11.6 Å². The van der Waals surface area contributed by atoms with Crippen LogP contribution in [0, 0.1) is 23.5 Å². The molecule has 1 unspecified atom stereocenters. The van der Waals surface area contributed by atoms with Crippen molar-refractivity contribution in [1.29, 1.82) is 0 Å². The number of nitrogens with one attached hydrogen (secondary N) is 1. The fourth-order valence-electron chi connectivity index (χ4n) is 1.74. The maximum Gasteiger partial charge on any atom is 0.251 e. The predicted octanol–water partition coefficient (Wildman–Crippen LogP) is 1.23. The van der Waals surface area contributed by atoms with Crippen LogP contribution in [0.5, 0.6) is 0 Å². The largest absolute Gasteiger partial charge is 0.366 e. The normalized spacial score (nSPS) is 12.3. The Hall–Kier alpha value is -2.02. The van der Waals surface area contributed by atoms with Crippen LogP contribution in [0.4, 0.5) is 14.5 Å². The number of anilines is 1. The Labute approximate surface area is 115 Å². The van der Waals surface area contributed by atoms with Gasteiger partial charge in [-0.05, 0) is 12.0 Å². The van der Waals surface area contributed by atoms with E-state index >= 15 is 0 Å². The van der Waals surface area contributed by atoms with Gasteiger partial charge in [0, 0.05) is 12.6 Å². The summed E-state index contributed by atoms with van der Waals surface area (Å²) >= 11 is 0. The summed E-state index contributed by atoms with van der Waals surface area (Å²) in [5.41, 5.74) is 9.65. The molecule has 1 rings (SSSR count). The van der Waals surface area contributed by atoms with Gasteiger partial charge in [0.15, 0.2) is 0 Å². The summed E-state index contributed by atoms with van der Waals surface area (Å²) in [6.07, 6.45) is 0. The van der Waals surface area contributed by atoms with Crippen LogP contribution in [-0.4, -0.2) is 18.4 Å². The first-order valence-corrected chi connectivity index (χ1v) is 6.07. The molecule has 0 aliphatic heterocycles. The Kier molecular flexibility index (Phi) is 5.15. The van der Waals surface area contributed by atoms with E-state index in [0.717, 1.165) is 6.07 Å². The van der Waals surface area contributed by atoms with Crippen molar-refractivity contribution in [3.05, 3.63) is 29.3 Å². The van der Waals surface area contributed by atoms with E-state index in [-0.39, 0.29) is 18.2 Å². The molecule has 0 bridgehead atoms. The summed E-state index contributed by atoms with van der Waals surface area (Å²) in [5, 5.41) is 2.30. The van der Waals surface area contributed by atoms with Crippen LogP contribution in [0.2, 0.25) is 0 Å². The van der Waals surface area contributed by atoms with E-state index in [4.69, 9.17) is 11.5 Å². The lowest BCUT2D eigenvalue weighted by Gasteiger charge is -2.18. The Morgan fingerprint density at radius 1 is 1.25 bits per heavy atom. The highest BCUT2D eigenvalue weighted by atomic mass is 19.1. The van der Waals surface area contributed by atoms with Gasteiger partial charge in [0.2, 0.25) is 5.91 Å². The highest BCUT2D eigenvalue weighted by molar-refractivity contribution is 5.97. The average Bonchev–Trinajstić information content (AvgIpc) is 2.32. The van der Waals surface area contributed by atoms with Gasteiger partial charge in [-0.1, -0.05) is 13.8 Å². The van der Waals surface area contributed by atoms with Gasteiger partial charge in [-0.25, -0.2) is 8.78 Å². The number of primary amides is 1. The van der Waals surface area contributed by atoms with Crippen LogP contribution in [0.25, 0.3) is 0 Å². The average molecular weight is 285 g/mol. The second kappa shape index (κ2) is 6.42. The lowest BCUT2D eigenvalue weighted by atomic mass is 9.95. The van der Waals surface area contributed by atoms with Gasteiger partial charge in [-0.3, -0.25) is 9.59 Å². The summed E-state index contributed by atoms with van der Waals surface area (Å²) in [5.74, 6) is -4.16. The third-order valence-corrected chi connectivity index (χ3v) is 2.98. The first-order chi connectivity index (χ1) is 9.27. The standard InChI is InChI=1S/C13H17F2N3O2/c1-6(2)8(5-16)13(20)18-11-3-7(12(17)19)9(14)4-10(11)15/h3-4,6,8H,5,16H2,1-2H3,(H2,17,19)(H,18,20). The van der Waals surface area contributed by atoms with Crippen LogP contribution >= 0.6 is 0 Å². The van der Waals surface area contributed by atoms with Crippen LogP contribution in [-0.2, 0) is 4.79 Å². The number of amides is 2. The molecule has 1 aromatic carbocycles. The van der Waals surface area contributed by atoms with Gasteiger partial charge < -0.3 is 16.8 Å². The molecule has 7 heteroatoms. The molecule has 0 aliphatic rings. The van der Waals surface area contributed by atoms with Crippen LogP contribution in [0.1, 0.15) is 24.2 Å². The fraction of sp³-hybridized carbons (Fsp3) is 0.385. The molecule has 2 amide bonds. The number of hydrogen-bond donors (Lipinski definition) is 3. The molecule has 5 N–H and O–H groups in total. The van der Waals surface area contributed by atoms with Gasteiger partial charge >= 0.3 is 0 Å². The van der Waals surface area contributed by atoms with E-state index in [0.29, 0.717) is 6.07 Å². The molecule has 5 nitrogen and oxygen atoms in total. The fourth-order valence-corrected chi connectivity index (χ4v) is 1.74. The summed E-state index contributed by atoms with van der Waals surface area (Å²) < 4.78 is 26.9. The second-order valence-corrected chi connectivity index (χ2v) is 4.75. The molecular formula is C13H17F2N3O2. The van der Waals surface area contributed by atoms with Crippen molar-refractivity contribution in [2.45, 2.75) is 13.8 Å². The van der Waals surface area contributed by atoms with Gasteiger partial charge in [0.25, 0.3) is 5.91 Å². The summed E-state index contributed by atoms with van der Waals surface area (Å²) in [7, 11) is 0. The number of halogens is 2. The smallest absolute Gasteiger partial charge is 0.251 e. The van der Waals surface area contributed by atoms with E-state index in [2.05, 4.69) is 5.32 Å². The van der Waals surface area contributed by atoms with Crippen molar-refractivity contribution in [3.8, 4) is 0 Å². The quantitative estimate of drug-likeness (QED) is 0.759. The van der Waals surface area contributed by atoms with E-state index < -0.39 is 34.9 Å². The molecule has 0 aromatic heterocycles. The Bertz CT molecular complexity index is 533. The predicted molar refractivity (Wildman–Crippen MR) is 70.9 cm³/mol. The molecule has 1 atom stereocenters. The van der Waals surface area contributed by atoms with Crippen molar-refractivity contribution >= 4 is 17.5 Å². The van der Waals surface area contributed by atoms with Crippen molar-refractivity contribution in [2.24, 2.45) is 23.3 Å². The molecular weight excluding hydrogens is 268 g/mol. The van der Waals surface area contributed by atoms with Crippen molar-refractivity contribution < 1.29 is 18.4 Å². The van der Waals surface area contributed by atoms with Gasteiger partial charge in [-0.15, -0.1) is 0 Å². The second-order valence-electron chi connectivity index (χ2n) is 4.75. The van der Waals surface area contributed by atoms with E-state index in [1.54, 1.807) is 13.8 Å². The third kappa shape index (κ3) is 3.51. The van der Waals surface area contributed by atoms with E-state index in [1.165, 1.54) is 0 Å². The lowest BCUT2D eigenvalue weighted by molar-refractivity contribution is -0.120. The molecule has 0 fully saturated rings. The number of hydrogen-bond acceptors (Lipinski definition) is 3. The van der Waals surface area contributed by atoms with E-state index in [9.17, 15) is 18.4 Å². The molecule has 0 saturated carbocycles. The maximum atomic E-state index is 13.6. The molecule has 0 spiro atoms. The van der Waals surface area contributed by atoms with Crippen molar-refractivity contribution in [1.82, 2.24) is 0 Å². The van der Waals surface area contributed by atoms with Crippen LogP contribution < -0.4 is 16.8 Å². The third-order valence-electron chi connectivity index (χ3n) is 2.98. The molecule has 110 valence electrons. The summed E-state index contributed by atoms with van der Waals surface area (Å²) in [6.45, 7) is 3.69. The monoisotopic (exact) mass is 285 g/mol.